The van der Waals surface area contributed by atoms with Crippen LogP contribution >= 0.6 is 7.71 Å². The third-order valence-corrected chi connectivity index (χ3v) is 10.4. The molecule has 0 bridgehead atoms. The summed E-state index contributed by atoms with van der Waals surface area (Å²) in [7, 11) is -2.03. The normalized spacial score (nSPS) is 24.1. The van der Waals surface area contributed by atoms with Gasteiger partial charge in [0.1, 0.15) is 5.52 Å². The summed E-state index contributed by atoms with van der Waals surface area (Å²) in [4.78, 5) is 5.10. The van der Waals surface area contributed by atoms with Crippen molar-refractivity contribution in [2.45, 2.75) is 38.5 Å². The molecule has 8 nitrogen and oxygen atoms in total. The van der Waals surface area contributed by atoms with Gasteiger partial charge in [0, 0.05) is 45.3 Å². The third-order valence-electron chi connectivity index (χ3n) is 5.96. The smallest absolute Gasteiger partial charge is 0.263 e. The Morgan fingerprint density at radius 1 is 0.885 bits per heavy atom. The summed E-state index contributed by atoms with van der Waals surface area (Å²) in [6, 6.07) is 1.99. The number of hydrogen-bond acceptors (Lipinski definition) is 7. The molecule has 0 atom stereocenters. The Bertz CT molecular complexity index is 787. The molecule has 3 saturated heterocycles. The topological polar surface area (TPSA) is 73.6 Å². The fourth-order valence-corrected chi connectivity index (χ4v) is 9.82. The highest BCUT2D eigenvalue weighted by Crippen LogP contribution is 2.69. The summed E-state index contributed by atoms with van der Waals surface area (Å²) in [6.07, 6.45) is 7.59. The summed E-state index contributed by atoms with van der Waals surface area (Å²) in [5, 5.41) is 18.6. The van der Waals surface area contributed by atoms with Crippen molar-refractivity contribution in [3.8, 4) is 0 Å². The molecule has 0 unspecified atom stereocenters. The highest BCUT2D eigenvalue weighted by Gasteiger charge is 2.60. The lowest BCUT2D eigenvalue weighted by atomic mass is 10.4. The van der Waals surface area contributed by atoms with Crippen molar-refractivity contribution in [2.75, 3.05) is 39.3 Å². The number of nitrogens with zero attached hydrogens (tertiary/aromatic N) is 7. The van der Waals surface area contributed by atoms with Crippen LogP contribution in [0.5, 0.6) is 0 Å². The van der Waals surface area contributed by atoms with E-state index in [1.54, 1.807) is 0 Å². The molecule has 0 spiro atoms. The van der Waals surface area contributed by atoms with E-state index in [1.807, 2.05) is 6.07 Å². The van der Waals surface area contributed by atoms with E-state index in [4.69, 9.17) is 1.37 Å². The first-order valence-electron chi connectivity index (χ1n) is 10.3. The van der Waals surface area contributed by atoms with E-state index in [0.29, 0.717) is 10.4 Å². The molecule has 0 aromatic carbocycles. The van der Waals surface area contributed by atoms with Crippen LogP contribution < -0.4 is 5.30 Å². The average Bonchev–Trinajstić information content (AvgIpc) is 3.47. The molecule has 2 aromatic heterocycles. The molecule has 3 aliphatic rings. The molecule has 3 aliphatic heterocycles. The molecular weight excluding hydrogens is 349 g/mol. The van der Waals surface area contributed by atoms with Crippen molar-refractivity contribution >= 4 is 24.2 Å². The Balaban J connectivity index is 1.74. The summed E-state index contributed by atoms with van der Waals surface area (Å²) < 4.78 is 16.8. The molecule has 0 aliphatic carbocycles. The maximum absolute atomic E-state index is 9.84. The zero-order valence-electron chi connectivity index (χ0n) is 16.1. The SMILES string of the molecule is [2H]c1nc2c(cc1[P+](N1CCCC1)(N1CCCC1)N1CCCC1)nnn2O. The van der Waals surface area contributed by atoms with Gasteiger partial charge in [0.2, 0.25) is 5.65 Å². The first kappa shape index (κ1) is 15.7. The molecule has 0 radical (unpaired) electrons. The van der Waals surface area contributed by atoms with Crippen LogP contribution in [0.2, 0.25) is 0 Å². The van der Waals surface area contributed by atoms with Gasteiger partial charge in [-0.05, 0) is 43.7 Å². The highest BCUT2D eigenvalue weighted by atomic mass is 31.2. The maximum Gasteiger partial charge on any atom is 0.263 e. The lowest BCUT2D eigenvalue weighted by Crippen LogP contribution is -2.48. The highest BCUT2D eigenvalue weighted by molar-refractivity contribution is 7.76. The predicted octanol–water partition coefficient (Wildman–Crippen LogP) is 1.74. The van der Waals surface area contributed by atoms with Crippen molar-refractivity contribution in [3.63, 3.8) is 0 Å². The molecule has 0 amide bonds. The van der Waals surface area contributed by atoms with Crippen LogP contribution in [0, 0.1) is 0 Å². The van der Waals surface area contributed by atoms with Gasteiger partial charge in [-0.3, -0.25) is 0 Å². The number of pyridine rings is 1. The van der Waals surface area contributed by atoms with Crippen molar-refractivity contribution in [1.82, 2.24) is 34.2 Å². The van der Waals surface area contributed by atoms with Crippen molar-refractivity contribution < 1.29 is 6.58 Å². The van der Waals surface area contributed by atoms with Crippen molar-refractivity contribution in [2.24, 2.45) is 0 Å². The van der Waals surface area contributed by atoms with Gasteiger partial charge in [-0.25, -0.2) is 4.98 Å². The summed E-state index contributed by atoms with van der Waals surface area (Å²) in [6.45, 7) is 6.53. The molecule has 140 valence electrons. The number of aromatic nitrogens is 4. The van der Waals surface area contributed by atoms with E-state index in [9.17, 15) is 5.21 Å². The Morgan fingerprint density at radius 3 is 1.88 bits per heavy atom. The van der Waals surface area contributed by atoms with Crippen LogP contribution in [-0.2, 0) is 0 Å². The molecule has 0 saturated carbocycles. The lowest BCUT2D eigenvalue weighted by molar-refractivity contribution is 0.153. The number of fused-ring (bicyclic) bond motifs is 1. The molecule has 2 aromatic rings. The summed E-state index contributed by atoms with van der Waals surface area (Å²) in [5.41, 5.74) is 0.844. The van der Waals surface area contributed by atoms with Crippen LogP contribution in [0.1, 0.15) is 39.9 Å². The van der Waals surface area contributed by atoms with Crippen LogP contribution in [0.25, 0.3) is 11.2 Å². The number of hydrogen-bond donors (Lipinski definition) is 1. The van der Waals surface area contributed by atoms with Gasteiger partial charge < -0.3 is 5.21 Å². The van der Waals surface area contributed by atoms with Gasteiger partial charge >= 0.3 is 0 Å². The monoisotopic (exact) mass is 377 g/mol. The molecule has 9 heteroatoms. The lowest BCUT2D eigenvalue weighted by Gasteiger charge is -2.43. The first-order chi connectivity index (χ1) is 13.2. The van der Waals surface area contributed by atoms with Gasteiger partial charge in [-0.15, -0.1) is 19.1 Å². The van der Waals surface area contributed by atoms with Crippen LogP contribution in [0.15, 0.2) is 12.2 Å². The van der Waals surface area contributed by atoms with Crippen LogP contribution in [0.4, 0.5) is 0 Å². The number of rotatable bonds is 4. The quantitative estimate of drug-likeness (QED) is 0.643. The zero-order valence-corrected chi connectivity index (χ0v) is 16.0. The minimum absolute atomic E-state index is 0.263. The van der Waals surface area contributed by atoms with Gasteiger partial charge in [-0.2, -0.15) is 0 Å². The van der Waals surface area contributed by atoms with E-state index < -0.39 is 7.71 Å². The van der Waals surface area contributed by atoms with Crippen molar-refractivity contribution in [1.29, 1.82) is 0 Å². The molecule has 3 fully saturated rings. The first-order valence-corrected chi connectivity index (χ1v) is 11.4. The fourth-order valence-electron chi connectivity index (χ4n) is 4.83. The second-order valence-electron chi connectivity index (χ2n) is 7.49. The van der Waals surface area contributed by atoms with E-state index in [2.05, 4.69) is 29.3 Å². The Morgan fingerprint density at radius 2 is 1.38 bits per heavy atom. The van der Waals surface area contributed by atoms with Gasteiger partial charge in [0.05, 0.1) is 7.54 Å². The molecular formula is C17H27N7OP+. The van der Waals surface area contributed by atoms with E-state index in [0.717, 1.165) is 44.6 Å². The molecule has 5 heterocycles. The van der Waals surface area contributed by atoms with Gasteiger partial charge in [0.25, 0.3) is 7.71 Å². The van der Waals surface area contributed by atoms with E-state index in [-0.39, 0.29) is 11.8 Å². The van der Waals surface area contributed by atoms with Crippen molar-refractivity contribution in [3.05, 3.63) is 12.2 Å². The second-order valence-corrected chi connectivity index (χ2v) is 10.8. The van der Waals surface area contributed by atoms with E-state index in [1.165, 1.54) is 38.5 Å². The Labute approximate surface area is 155 Å². The molecule has 5 rings (SSSR count). The van der Waals surface area contributed by atoms with Gasteiger partial charge in [-0.1, -0.05) is 4.85 Å². The standard InChI is InChI=1S/C17H27N7OP/c25-24-17-16(19-20-24)13-15(14-18-17)26(21-7-1-2-8-21,22-9-3-4-10-22)23-11-5-6-12-23/h13-14,25H,1-12H2/q+1/i14D. The van der Waals surface area contributed by atoms with E-state index >= 15 is 0 Å². The molecule has 26 heavy (non-hydrogen) atoms. The largest absolute Gasteiger partial charge is 0.409 e. The second kappa shape index (κ2) is 6.68. The predicted molar refractivity (Wildman–Crippen MR) is 101 cm³/mol. The van der Waals surface area contributed by atoms with Crippen LogP contribution in [0.3, 0.4) is 0 Å². The summed E-state index contributed by atoms with van der Waals surface area (Å²) >= 11 is 0. The third kappa shape index (κ3) is 2.47. The fraction of sp³-hybridized carbons (Fsp3) is 0.706. The van der Waals surface area contributed by atoms with Gasteiger partial charge in [0.15, 0.2) is 5.30 Å². The Kier molecular flexibility index (Phi) is 4.03. The minimum Gasteiger partial charge on any atom is -0.409 e. The Hall–Kier alpha value is -1.34. The maximum atomic E-state index is 9.84. The summed E-state index contributed by atoms with van der Waals surface area (Å²) in [5.74, 6) is 0. The van der Waals surface area contributed by atoms with Crippen LogP contribution in [-0.4, -0.2) is 78.6 Å². The minimum atomic E-state index is -2.03. The molecule has 1 N–H and O–H groups in total. The average molecular weight is 377 g/mol. The zero-order chi connectivity index (χ0) is 18.4.